The SMILES string of the molecule is CCCC1(C(=O)Nc2cncc(F)c2)CCCN1. The summed E-state index contributed by atoms with van der Waals surface area (Å²) in [7, 11) is 0. The highest BCUT2D eigenvalue weighted by molar-refractivity contribution is 5.98. The maximum Gasteiger partial charge on any atom is 0.244 e. The summed E-state index contributed by atoms with van der Waals surface area (Å²) in [5, 5.41) is 6.03. The van der Waals surface area contributed by atoms with Gasteiger partial charge in [-0.3, -0.25) is 9.78 Å². The van der Waals surface area contributed by atoms with Gasteiger partial charge in [0.1, 0.15) is 5.82 Å². The van der Waals surface area contributed by atoms with Crippen molar-refractivity contribution in [1.29, 1.82) is 0 Å². The minimum absolute atomic E-state index is 0.0887. The smallest absolute Gasteiger partial charge is 0.244 e. The molecule has 0 radical (unpaired) electrons. The number of hydrogen-bond acceptors (Lipinski definition) is 3. The third kappa shape index (κ3) is 2.67. The fourth-order valence-corrected chi connectivity index (χ4v) is 2.48. The molecule has 1 unspecified atom stereocenters. The van der Waals surface area contributed by atoms with Crippen molar-refractivity contribution in [2.75, 3.05) is 11.9 Å². The minimum Gasteiger partial charge on any atom is -0.323 e. The second-order valence-corrected chi connectivity index (χ2v) is 4.71. The van der Waals surface area contributed by atoms with Gasteiger partial charge in [-0.25, -0.2) is 4.39 Å². The van der Waals surface area contributed by atoms with Crippen LogP contribution in [0.3, 0.4) is 0 Å². The molecular formula is C13H18FN3O. The summed E-state index contributed by atoms with van der Waals surface area (Å²) in [6.45, 7) is 2.91. The molecule has 2 rings (SSSR count). The van der Waals surface area contributed by atoms with Gasteiger partial charge in [0, 0.05) is 6.07 Å². The average molecular weight is 251 g/mol. The van der Waals surface area contributed by atoms with Gasteiger partial charge < -0.3 is 10.6 Å². The third-order valence-corrected chi connectivity index (χ3v) is 3.32. The van der Waals surface area contributed by atoms with Gasteiger partial charge >= 0.3 is 0 Å². The van der Waals surface area contributed by atoms with E-state index in [0.29, 0.717) is 5.69 Å². The quantitative estimate of drug-likeness (QED) is 0.861. The first kappa shape index (κ1) is 13.0. The molecule has 1 aromatic heterocycles. The fraction of sp³-hybridized carbons (Fsp3) is 0.538. The first-order valence-electron chi connectivity index (χ1n) is 6.33. The summed E-state index contributed by atoms with van der Waals surface area (Å²) in [4.78, 5) is 16.0. The summed E-state index contributed by atoms with van der Waals surface area (Å²) < 4.78 is 13.0. The van der Waals surface area contributed by atoms with E-state index in [9.17, 15) is 9.18 Å². The molecule has 0 aromatic carbocycles. The molecule has 18 heavy (non-hydrogen) atoms. The molecule has 98 valence electrons. The van der Waals surface area contributed by atoms with Crippen LogP contribution in [0.5, 0.6) is 0 Å². The molecule has 2 heterocycles. The van der Waals surface area contributed by atoms with Gasteiger partial charge in [-0.05, 0) is 25.8 Å². The average Bonchev–Trinajstić information content (AvgIpc) is 2.79. The summed E-state index contributed by atoms with van der Waals surface area (Å²) in [6, 6.07) is 1.28. The Kier molecular flexibility index (Phi) is 3.91. The van der Waals surface area contributed by atoms with Crippen molar-refractivity contribution >= 4 is 11.6 Å². The number of hydrogen-bond donors (Lipinski definition) is 2. The van der Waals surface area contributed by atoms with E-state index in [-0.39, 0.29) is 5.91 Å². The molecule has 0 saturated carbocycles. The Morgan fingerprint density at radius 1 is 1.61 bits per heavy atom. The Balaban J connectivity index is 2.10. The van der Waals surface area contributed by atoms with E-state index in [4.69, 9.17) is 0 Å². The van der Waals surface area contributed by atoms with Gasteiger partial charge in [-0.2, -0.15) is 0 Å². The predicted octanol–water partition coefficient (Wildman–Crippen LogP) is 2.08. The number of anilines is 1. The van der Waals surface area contributed by atoms with Crippen molar-refractivity contribution < 1.29 is 9.18 Å². The molecule has 0 bridgehead atoms. The van der Waals surface area contributed by atoms with Crippen molar-refractivity contribution in [3.8, 4) is 0 Å². The maximum absolute atomic E-state index is 13.0. The van der Waals surface area contributed by atoms with Crippen molar-refractivity contribution in [1.82, 2.24) is 10.3 Å². The molecule has 1 aliphatic heterocycles. The molecule has 5 heteroatoms. The number of carbonyl (C=O) groups excluding carboxylic acids is 1. The number of nitrogens with one attached hydrogen (secondary N) is 2. The maximum atomic E-state index is 13.0. The van der Waals surface area contributed by atoms with Crippen LogP contribution in [0, 0.1) is 5.82 Å². The zero-order chi connectivity index (χ0) is 13.0. The van der Waals surface area contributed by atoms with Crippen LogP contribution in [0.25, 0.3) is 0 Å². The molecule has 1 atom stereocenters. The highest BCUT2D eigenvalue weighted by atomic mass is 19.1. The first-order chi connectivity index (χ1) is 8.66. The van der Waals surface area contributed by atoms with E-state index < -0.39 is 11.4 Å². The lowest BCUT2D eigenvalue weighted by Crippen LogP contribution is -2.50. The number of pyridine rings is 1. The Morgan fingerprint density at radius 3 is 3.06 bits per heavy atom. The standard InChI is InChI=1S/C13H18FN3O/c1-2-4-13(5-3-6-16-13)12(18)17-11-7-10(14)8-15-9-11/h7-9,16H,2-6H2,1H3,(H,17,18). The van der Waals surface area contributed by atoms with Crippen LogP contribution in [-0.2, 0) is 4.79 Å². The van der Waals surface area contributed by atoms with E-state index in [1.54, 1.807) is 0 Å². The highest BCUT2D eigenvalue weighted by Gasteiger charge is 2.39. The topological polar surface area (TPSA) is 54.0 Å². The van der Waals surface area contributed by atoms with Crippen LogP contribution in [-0.4, -0.2) is 23.0 Å². The lowest BCUT2D eigenvalue weighted by Gasteiger charge is -2.27. The molecule has 1 aromatic rings. The zero-order valence-corrected chi connectivity index (χ0v) is 10.5. The molecule has 1 saturated heterocycles. The molecule has 1 amide bonds. The third-order valence-electron chi connectivity index (χ3n) is 3.32. The van der Waals surface area contributed by atoms with Crippen LogP contribution < -0.4 is 10.6 Å². The van der Waals surface area contributed by atoms with Crippen molar-refractivity contribution in [2.45, 2.75) is 38.1 Å². The van der Waals surface area contributed by atoms with Crippen LogP contribution in [0.2, 0.25) is 0 Å². The van der Waals surface area contributed by atoms with Gasteiger partial charge in [0.2, 0.25) is 5.91 Å². The van der Waals surface area contributed by atoms with E-state index in [0.717, 1.165) is 38.4 Å². The first-order valence-corrected chi connectivity index (χ1v) is 6.33. The monoisotopic (exact) mass is 251 g/mol. The molecule has 1 aliphatic rings. The van der Waals surface area contributed by atoms with E-state index in [1.807, 2.05) is 0 Å². The van der Waals surface area contributed by atoms with Crippen molar-refractivity contribution in [3.05, 3.63) is 24.3 Å². The molecule has 1 fully saturated rings. The normalized spacial score (nSPS) is 23.0. The number of rotatable bonds is 4. The second kappa shape index (κ2) is 5.44. The molecule has 0 spiro atoms. The number of amides is 1. The largest absolute Gasteiger partial charge is 0.323 e. The van der Waals surface area contributed by atoms with Crippen molar-refractivity contribution in [3.63, 3.8) is 0 Å². The zero-order valence-electron chi connectivity index (χ0n) is 10.5. The summed E-state index contributed by atoms with van der Waals surface area (Å²) in [6.07, 6.45) is 6.12. The highest BCUT2D eigenvalue weighted by Crippen LogP contribution is 2.26. The van der Waals surface area contributed by atoms with Crippen molar-refractivity contribution in [2.24, 2.45) is 0 Å². The van der Waals surface area contributed by atoms with Gasteiger partial charge in [0.15, 0.2) is 0 Å². The van der Waals surface area contributed by atoms with Crippen LogP contribution >= 0.6 is 0 Å². The molecule has 2 N–H and O–H groups in total. The molecule has 0 aliphatic carbocycles. The van der Waals surface area contributed by atoms with Gasteiger partial charge in [0.05, 0.1) is 23.6 Å². The fourth-order valence-electron chi connectivity index (χ4n) is 2.48. The lowest BCUT2D eigenvalue weighted by molar-refractivity contribution is -0.122. The Morgan fingerprint density at radius 2 is 2.44 bits per heavy atom. The number of aromatic nitrogens is 1. The Hall–Kier alpha value is -1.49. The van der Waals surface area contributed by atoms with Gasteiger partial charge in [-0.15, -0.1) is 0 Å². The summed E-state index contributed by atoms with van der Waals surface area (Å²) in [5.41, 5.74) is -0.0923. The summed E-state index contributed by atoms with van der Waals surface area (Å²) >= 11 is 0. The van der Waals surface area contributed by atoms with E-state index in [1.165, 1.54) is 12.3 Å². The lowest BCUT2D eigenvalue weighted by atomic mass is 9.91. The number of halogens is 1. The Bertz CT molecular complexity index is 430. The van der Waals surface area contributed by atoms with E-state index in [2.05, 4.69) is 22.5 Å². The van der Waals surface area contributed by atoms with Crippen LogP contribution in [0.4, 0.5) is 10.1 Å². The van der Waals surface area contributed by atoms with Gasteiger partial charge in [-0.1, -0.05) is 13.3 Å². The predicted molar refractivity (Wildman–Crippen MR) is 67.7 cm³/mol. The number of nitrogens with zero attached hydrogens (tertiary/aromatic N) is 1. The Labute approximate surface area is 106 Å². The van der Waals surface area contributed by atoms with Gasteiger partial charge in [0.25, 0.3) is 0 Å². The molecule has 4 nitrogen and oxygen atoms in total. The number of carbonyl (C=O) groups is 1. The van der Waals surface area contributed by atoms with E-state index >= 15 is 0 Å². The molecular weight excluding hydrogens is 233 g/mol. The summed E-state index contributed by atoms with van der Waals surface area (Å²) in [5.74, 6) is -0.536. The second-order valence-electron chi connectivity index (χ2n) is 4.71. The minimum atomic E-state index is -0.499. The van der Waals surface area contributed by atoms with Crippen LogP contribution in [0.15, 0.2) is 18.5 Å². The van der Waals surface area contributed by atoms with Crippen LogP contribution in [0.1, 0.15) is 32.6 Å².